The Kier molecular flexibility index (Phi) is 4.16. The highest BCUT2D eigenvalue weighted by Gasteiger charge is 2.40. The topological polar surface area (TPSA) is 66.8 Å². The van der Waals surface area contributed by atoms with E-state index in [0.29, 0.717) is 18.8 Å². The van der Waals surface area contributed by atoms with E-state index in [-0.39, 0.29) is 24.1 Å². The quantitative estimate of drug-likeness (QED) is 0.901. The lowest BCUT2D eigenvalue weighted by atomic mass is 9.94. The molecule has 1 fully saturated rings. The molecule has 0 atom stereocenters. The Balaban J connectivity index is 1.92. The summed E-state index contributed by atoms with van der Waals surface area (Å²) < 4.78 is 18.5. The number of aliphatic carboxylic acids is 1. The third-order valence-electron chi connectivity index (χ3n) is 3.41. The standard InChI is InChI=1S/C15H18FNO4/c1-15(2,21-12-5-3-11(16)4-6-12)14(20)17-8-10(9-17)7-13(18)19/h3-6,10H,7-9H2,1-2H3,(H,18,19). The molecule has 0 radical (unpaired) electrons. The minimum atomic E-state index is -1.08. The molecule has 0 aromatic heterocycles. The molecule has 2 rings (SSSR count). The van der Waals surface area contributed by atoms with Crippen molar-refractivity contribution in [3.05, 3.63) is 30.1 Å². The number of ether oxygens (including phenoxy) is 1. The first kappa shape index (κ1) is 15.3. The van der Waals surface area contributed by atoms with E-state index in [1.807, 2.05) is 0 Å². The first-order valence-corrected chi connectivity index (χ1v) is 6.73. The van der Waals surface area contributed by atoms with Crippen molar-refractivity contribution >= 4 is 11.9 Å². The molecule has 0 saturated carbocycles. The number of carboxylic acids is 1. The molecule has 0 unspecified atom stereocenters. The maximum absolute atomic E-state index is 12.8. The number of likely N-dealkylation sites (tertiary alicyclic amines) is 1. The summed E-state index contributed by atoms with van der Waals surface area (Å²) in [7, 11) is 0. The third-order valence-corrected chi connectivity index (χ3v) is 3.41. The van der Waals surface area contributed by atoms with Crippen molar-refractivity contribution in [2.45, 2.75) is 25.9 Å². The fourth-order valence-corrected chi connectivity index (χ4v) is 2.33. The normalized spacial score (nSPS) is 15.5. The smallest absolute Gasteiger partial charge is 0.303 e. The second kappa shape index (κ2) is 5.71. The van der Waals surface area contributed by atoms with Crippen molar-refractivity contribution in [3.8, 4) is 5.75 Å². The van der Waals surface area contributed by atoms with E-state index in [1.54, 1.807) is 18.7 Å². The Bertz CT molecular complexity index is 535. The van der Waals surface area contributed by atoms with E-state index in [1.165, 1.54) is 24.3 Å². The van der Waals surface area contributed by atoms with Crippen LogP contribution in [0.1, 0.15) is 20.3 Å². The van der Waals surface area contributed by atoms with E-state index < -0.39 is 11.6 Å². The van der Waals surface area contributed by atoms with Gasteiger partial charge >= 0.3 is 5.97 Å². The van der Waals surface area contributed by atoms with Crippen molar-refractivity contribution in [1.29, 1.82) is 0 Å². The molecule has 0 bridgehead atoms. The Morgan fingerprint density at radius 2 is 1.90 bits per heavy atom. The van der Waals surface area contributed by atoms with E-state index in [9.17, 15) is 14.0 Å². The fourth-order valence-electron chi connectivity index (χ4n) is 2.33. The number of nitrogens with zero attached hydrogens (tertiary/aromatic N) is 1. The summed E-state index contributed by atoms with van der Waals surface area (Å²) in [5, 5.41) is 8.69. The first-order valence-electron chi connectivity index (χ1n) is 6.73. The van der Waals surface area contributed by atoms with Gasteiger partial charge in [-0.2, -0.15) is 0 Å². The summed E-state index contributed by atoms with van der Waals surface area (Å²) in [6, 6.07) is 5.46. The lowest BCUT2D eigenvalue weighted by Crippen LogP contribution is -2.58. The van der Waals surface area contributed by atoms with Gasteiger partial charge in [-0.3, -0.25) is 9.59 Å². The van der Waals surface area contributed by atoms with Gasteiger partial charge in [0.2, 0.25) is 0 Å². The monoisotopic (exact) mass is 295 g/mol. The van der Waals surface area contributed by atoms with Crippen LogP contribution in [-0.4, -0.2) is 40.6 Å². The maximum atomic E-state index is 12.8. The Hall–Kier alpha value is -2.11. The van der Waals surface area contributed by atoms with Gasteiger partial charge in [-0.25, -0.2) is 4.39 Å². The SMILES string of the molecule is CC(C)(Oc1ccc(F)cc1)C(=O)N1CC(CC(=O)O)C1. The van der Waals surface area contributed by atoms with Crippen LogP contribution in [0.4, 0.5) is 4.39 Å². The third kappa shape index (κ3) is 3.71. The highest BCUT2D eigenvalue weighted by atomic mass is 19.1. The molecular formula is C15H18FNO4. The van der Waals surface area contributed by atoms with Crippen molar-refractivity contribution in [2.75, 3.05) is 13.1 Å². The highest BCUT2D eigenvalue weighted by molar-refractivity contribution is 5.85. The summed E-state index contributed by atoms with van der Waals surface area (Å²) in [6.45, 7) is 4.15. The lowest BCUT2D eigenvalue weighted by molar-refractivity contribution is -0.154. The number of carboxylic acid groups (broad SMARTS) is 1. The van der Waals surface area contributed by atoms with Gasteiger partial charge in [0, 0.05) is 19.0 Å². The molecule has 114 valence electrons. The Labute approximate surface area is 122 Å². The summed E-state index contributed by atoms with van der Waals surface area (Å²) in [5.41, 5.74) is -1.08. The van der Waals surface area contributed by atoms with Crippen LogP contribution in [0.15, 0.2) is 24.3 Å². The zero-order chi connectivity index (χ0) is 15.6. The van der Waals surface area contributed by atoms with Crippen LogP contribution in [0, 0.1) is 11.7 Å². The molecule has 5 nitrogen and oxygen atoms in total. The van der Waals surface area contributed by atoms with Gasteiger partial charge in [0.25, 0.3) is 5.91 Å². The molecule has 1 N–H and O–H groups in total. The fraction of sp³-hybridized carbons (Fsp3) is 0.467. The Morgan fingerprint density at radius 3 is 2.43 bits per heavy atom. The summed E-state index contributed by atoms with van der Waals surface area (Å²) in [5.74, 6) is -1.00. The summed E-state index contributed by atoms with van der Waals surface area (Å²) in [4.78, 5) is 24.5. The zero-order valence-corrected chi connectivity index (χ0v) is 12.0. The van der Waals surface area contributed by atoms with Crippen LogP contribution in [0.5, 0.6) is 5.75 Å². The van der Waals surface area contributed by atoms with Crippen LogP contribution >= 0.6 is 0 Å². The largest absolute Gasteiger partial charge is 0.481 e. The minimum Gasteiger partial charge on any atom is -0.481 e. The van der Waals surface area contributed by atoms with E-state index in [4.69, 9.17) is 9.84 Å². The van der Waals surface area contributed by atoms with Crippen molar-refractivity contribution in [1.82, 2.24) is 4.90 Å². The molecule has 1 amide bonds. The molecule has 1 heterocycles. The lowest BCUT2D eigenvalue weighted by Gasteiger charge is -2.42. The predicted octanol–water partition coefficient (Wildman–Crippen LogP) is 1.92. The average Bonchev–Trinajstić information content (AvgIpc) is 2.35. The number of hydrogen-bond donors (Lipinski definition) is 1. The van der Waals surface area contributed by atoms with Crippen molar-refractivity contribution in [3.63, 3.8) is 0 Å². The second-order valence-corrected chi connectivity index (χ2v) is 5.74. The highest BCUT2D eigenvalue weighted by Crippen LogP contribution is 2.26. The van der Waals surface area contributed by atoms with Gasteiger partial charge in [0.15, 0.2) is 5.60 Å². The minimum absolute atomic E-state index is 0.00747. The van der Waals surface area contributed by atoms with Crippen LogP contribution < -0.4 is 4.74 Å². The average molecular weight is 295 g/mol. The molecular weight excluding hydrogens is 277 g/mol. The van der Waals surface area contributed by atoms with Gasteiger partial charge < -0.3 is 14.7 Å². The maximum Gasteiger partial charge on any atom is 0.303 e. The molecule has 0 aliphatic carbocycles. The van der Waals surface area contributed by atoms with E-state index >= 15 is 0 Å². The van der Waals surface area contributed by atoms with Gasteiger partial charge in [0.1, 0.15) is 11.6 Å². The van der Waals surface area contributed by atoms with Crippen LogP contribution in [0.25, 0.3) is 0 Å². The molecule has 21 heavy (non-hydrogen) atoms. The van der Waals surface area contributed by atoms with Crippen LogP contribution in [0.3, 0.4) is 0 Å². The van der Waals surface area contributed by atoms with E-state index in [0.717, 1.165) is 0 Å². The molecule has 1 aliphatic rings. The van der Waals surface area contributed by atoms with Crippen LogP contribution in [-0.2, 0) is 9.59 Å². The molecule has 1 aliphatic heterocycles. The summed E-state index contributed by atoms with van der Waals surface area (Å²) in [6.07, 6.45) is 0.0724. The summed E-state index contributed by atoms with van der Waals surface area (Å²) >= 11 is 0. The second-order valence-electron chi connectivity index (χ2n) is 5.74. The number of hydrogen-bond acceptors (Lipinski definition) is 3. The molecule has 0 spiro atoms. The number of carbonyl (C=O) groups excluding carboxylic acids is 1. The molecule has 1 saturated heterocycles. The van der Waals surface area contributed by atoms with Crippen molar-refractivity contribution < 1.29 is 23.8 Å². The van der Waals surface area contributed by atoms with E-state index in [2.05, 4.69) is 0 Å². The first-order chi connectivity index (χ1) is 9.78. The number of amides is 1. The van der Waals surface area contributed by atoms with Gasteiger partial charge in [0.05, 0.1) is 6.42 Å². The van der Waals surface area contributed by atoms with Gasteiger partial charge in [-0.05, 0) is 38.1 Å². The number of benzene rings is 1. The number of carbonyl (C=O) groups is 2. The molecule has 1 aromatic carbocycles. The van der Waals surface area contributed by atoms with Gasteiger partial charge in [-0.15, -0.1) is 0 Å². The predicted molar refractivity (Wildman–Crippen MR) is 73.4 cm³/mol. The zero-order valence-electron chi connectivity index (χ0n) is 12.0. The van der Waals surface area contributed by atoms with Gasteiger partial charge in [-0.1, -0.05) is 0 Å². The molecule has 1 aromatic rings. The Morgan fingerprint density at radius 1 is 1.33 bits per heavy atom. The molecule has 6 heteroatoms. The van der Waals surface area contributed by atoms with Crippen molar-refractivity contribution in [2.24, 2.45) is 5.92 Å². The number of halogens is 1. The van der Waals surface area contributed by atoms with Crippen LogP contribution in [0.2, 0.25) is 0 Å². The number of rotatable bonds is 5.